The average molecular weight is 450 g/mol. The van der Waals surface area contributed by atoms with Crippen LogP contribution in [-0.4, -0.2) is 33.7 Å². The third kappa shape index (κ3) is 7.22. The average Bonchev–Trinajstić information content (AvgIpc) is 2.56. The van der Waals surface area contributed by atoms with Crippen molar-refractivity contribution in [1.82, 2.24) is 5.32 Å². The minimum atomic E-state index is -3.68. The van der Waals surface area contributed by atoms with Crippen molar-refractivity contribution in [2.24, 2.45) is 0 Å². The summed E-state index contributed by atoms with van der Waals surface area (Å²) in [5.41, 5.74) is 1.35. The monoisotopic (exact) mass is 448 g/mol. The number of anilines is 1. The maximum atomic E-state index is 12.2. The molecule has 0 aliphatic rings. The highest BCUT2D eigenvalue weighted by molar-refractivity contribution is 7.92. The van der Waals surface area contributed by atoms with Gasteiger partial charge in [-0.15, -0.1) is 0 Å². The van der Waals surface area contributed by atoms with Crippen molar-refractivity contribution in [3.63, 3.8) is 0 Å². The van der Waals surface area contributed by atoms with Crippen LogP contribution in [0.2, 0.25) is 15.1 Å². The largest absolute Gasteiger partial charge is 0.355 e. The number of hydrogen-bond acceptors (Lipinski definition) is 3. The normalized spacial score (nSPS) is 11.3. The van der Waals surface area contributed by atoms with Gasteiger partial charge in [0.1, 0.15) is 6.54 Å². The molecule has 1 amide bonds. The number of amides is 1. The number of carbonyl (C=O) groups is 1. The molecule has 0 bridgehead atoms. The first-order valence-corrected chi connectivity index (χ1v) is 11.1. The molecule has 27 heavy (non-hydrogen) atoms. The zero-order chi connectivity index (χ0) is 20.0. The van der Waals surface area contributed by atoms with Crippen molar-refractivity contribution in [1.29, 1.82) is 0 Å². The van der Waals surface area contributed by atoms with Gasteiger partial charge in [-0.2, -0.15) is 0 Å². The maximum Gasteiger partial charge on any atom is 0.240 e. The minimum Gasteiger partial charge on any atom is -0.355 e. The molecule has 9 heteroatoms. The van der Waals surface area contributed by atoms with E-state index in [1.54, 1.807) is 0 Å². The topological polar surface area (TPSA) is 66.5 Å². The van der Waals surface area contributed by atoms with Gasteiger partial charge in [0.15, 0.2) is 0 Å². The molecular weight excluding hydrogens is 431 g/mol. The molecule has 2 aromatic rings. The number of nitrogens with one attached hydrogen (secondary N) is 1. The van der Waals surface area contributed by atoms with E-state index in [9.17, 15) is 13.2 Å². The fourth-order valence-corrected chi connectivity index (χ4v) is 3.92. The van der Waals surface area contributed by atoms with Crippen molar-refractivity contribution in [2.75, 3.05) is 23.7 Å². The zero-order valence-electron chi connectivity index (χ0n) is 14.6. The molecule has 0 aromatic heterocycles. The van der Waals surface area contributed by atoms with E-state index in [0.717, 1.165) is 29.0 Å². The first kappa shape index (κ1) is 21.8. The fraction of sp³-hybridized carbons (Fsp3) is 0.278. The molecule has 0 unspecified atom stereocenters. The number of aryl methyl sites for hydroxylation is 1. The predicted molar refractivity (Wildman–Crippen MR) is 111 cm³/mol. The number of rotatable bonds is 8. The molecule has 0 radical (unpaired) electrons. The molecule has 0 saturated heterocycles. The Labute approximate surface area is 174 Å². The number of hydrogen-bond donors (Lipinski definition) is 1. The Bertz CT molecular complexity index is 882. The second-order valence-corrected chi connectivity index (χ2v) is 9.19. The quantitative estimate of drug-likeness (QED) is 0.615. The van der Waals surface area contributed by atoms with Crippen LogP contribution in [0.25, 0.3) is 0 Å². The fourth-order valence-electron chi connectivity index (χ4n) is 2.44. The van der Waals surface area contributed by atoms with E-state index in [0.29, 0.717) is 11.6 Å². The molecule has 0 spiro atoms. The van der Waals surface area contributed by atoms with Crippen molar-refractivity contribution >= 4 is 56.4 Å². The first-order valence-electron chi connectivity index (χ1n) is 8.10. The van der Waals surface area contributed by atoms with Gasteiger partial charge >= 0.3 is 0 Å². The van der Waals surface area contributed by atoms with E-state index in [-0.39, 0.29) is 22.3 Å². The minimum absolute atomic E-state index is 0.242. The van der Waals surface area contributed by atoms with Gasteiger partial charge in [0.25, 0.3) is 0 Å². The molecular formula is C18H19Cl3N2O3S. The summed E-state index contributed by atoms with van der Waals surface area (Å²) in [5, 5.41) is 3.98. The van der Waals surface area contributed by atoms with E-state index in [1.807, 2.05) is 24.3 Å². The molecule has 2 aromatic carbocycles. The lowest BCUT2D eigenvalue weighted by molar-refractivity contribution is -0.119. The van der Waals surface area contributed by atoms with Crippen LogP contribution in [0.1, 0.15) is 12.0 Å². The summed E-state index contributed by atoms with van der Waals surface area (Å²) in [6.07, 6.45) is 2.52. The molecule has 146 valence electrons. The van der Waals surface area contributed by atoms with E-state index in [1.165, 1.54) is 18.2 Å². The summed E-state index contributed by atoms with van der Waals surface area (Å²) in [7, 11) is -3.68. The summed E-state index contributed by atoms with van der Waals surface area (Å²) in [4.78, 5) is 12.2. The summed E-state index contributed by atoms with van der Waals surface area (Å²) in [6.45, 7) is 0.0752. The molecule has 1 N–H and O–H groups in total. The van der Waals surface area contributed by atoms with Gasteiger partial charge < -0.3 is 5.32 Å². The van der Waals surface area contributed by atoms with Gasteiger partial charge in [0.05, 0.1) is 11.9 Å². The van der Waals surface area contributed by atoms with E-state index in [4.69, 9.17) is 34.8 Å². The zero-order valence-corrected chi connectivity index (χ0v) is 17.7. The van der Waals surface area contributed by atoms with Gasteiger partial charge in [-0.3, -0.25) is 9.10 Å². The molecule has 0 fully saturated rings. The van der Waals surface area contributed by atoms with Crippen molar-refractivity contribution in [2.45, 2.75) is 12.8 Å². The van der Waals surface area contributed by atoms with E-state index < -0.39 is 15.9 Å². The Balaban J connectivity index is 1.93. The van der Waals surface area contributed by atoms with Gasteiger partial charge in [-0.1, -0.05) is 46.9 Å². The maximum absolute atomic E-state index is 12.2. The van der Waals surface area contributed by atoms with Crippen LogP contribution in [0.15, 0.2) is 42.5 Å². The molecule has 0 heterocycles. The molecule has 2 rings (SSSR count). The Kier molecular flexibility index (Phi) is 7.79. The van der Waals surface area contributed by atoms with E-state index >= 15 is 0 Å². The number of benzene rings is 2. The Hall–Kier alpha value is -1.47. The van der Waals surface area contributed by atoms with Crippen LogP contribution in [0, 0.1) is 0 Å². The number of carbonyl (C=O) groups excluding carboxylic acids is 1. The predicted octanol–water partition coefficient (Wildman–Crippen LogP) is 4.16. The molecule has 0 saturated carbocycles. The second kappa shape index (κ2) is 9.64. The summed E-state index contributed by atoms with van der Waals surface area (Å²) in [6, 6.07) is 11.9. The highest BCUT2D eigenvalue weighted by atomic mass is 35.5. The van der Waals surface area contributed by atoms with Crippen LogP contribution in [-0.2, 0) is 21.2 Å². The first-order chi connectivity index (χ1) is 12.6. The van der Waals surface area contributed by atoms with E-state index in [2.05, 4.69) is 5.32 Å². The van der Waals surface area contributed by atoms with Crippen molar-refractivity contribution in [3.05, 3.63) is 63.1 Å². The van der Waals surface area contributed by atoms with Crippen LogP contribution in [0.4, 0.5) is 5.69 Å². The summed E-state index contributed by atoms with van der Waals surface area (Å²) < 4.78 is 25.1. The highest BCUT2D eigenvalue weighted by Crippen LogP contribution is 2.26. The van der Waals surface area contributed by atoms with Crippen LogP contribution >= 0.6 is 34.8 Å². The molecule has 0 aliphatic heterocycles. The lowest BCUT2D eigenvalue weighted by Crippen LogP contribution is -2.40. The number of nitrogens with zero attached hydrogens (tertiary/aromatic N) is 1. The number of halogens is 3. The van der Waals surface area contributed by atoms with Crippen molar-refractivity contribution in [3.8, 4) is 0 Å². The molecule has 0 atom stereocenters. The lowest BCUT2D eigenvalue weighted by atomic mass is 10.1. The Morgan fingerprint density at radius 1 is 1.00 bits per heavy atom. The Morgan fingerprint density at radius 2 is 1.59 bits per heavy atom. The molecule has 5 nitrogen and oxygen atoms in total. The van der Waals surface area contributed by atoms with Gasteiger partial charge in [0.2, 0.25) is 15.9 Å². The molecule has 0 aliphatic carbocycles. The third-order valence-corrected chi connectivity index (χ3v) is 5.53. The SMILES string of the molecule is CS(=O)(=O)N(CC(=O)NCCCc1ccc(Cl)cc1)c1cc(Cl)cc(Cl)c1. The van der Waals surface area contributed by atoms with Gasteiger partial charge in [-0.05, 0) is 48.7 Å². The second-order valence-electron chi connectivity index (χ2n) is 5.98. The van der Waals surface area contributed by atoms with Crippen LogP contribution in [0.3, 0.4) is 0 Å². The van der Waals surface area contributed by atoms with Gasteiger partial charge in [-0.25, -0.2) is 8.42 Å². The highest BCUT2D eigenvalue weighted by Gasteiger charge is 2.21. The smallest absolute Gasteiger partial charge is 0.240 e. The van der Waals surface area contributed by atoms with Gasteiger partial charge in [0, 0.05) is 21.6 Å². The van der Waals surface area contributed by atoms with Crippen LogP contribution < -0.4 is 9.62 Å². The summed E-state index contributed by atoms with van der Waals surface area (Å²) >= 11 is 17.7. The van der Waals surface area contributed by atoms with Crippen LogP contribution in [0.5, 0.6) is 0 Å². The Morgan fingerprint density at radius 3 is 2.15 bits per heavy atom. The summed E-state index contributed by atoms with van der Waals surface area (Å²) in [5.74, 6) is -0.410. The van der Waals surface area contributed by atoms with Crippen molar-refractivity contribution < 1.29 is 13.2 Å². The standard InChI is InChI=1S/C18H19Cl3N2O3S/c1-27(25,26)23(17-10-15(20)9-16(21)11-17)12-18(24)22-8-2-3-13-4-6-14(19)7-5-13/h4-7,9-11H,2-3,8,12H2,1H3,(H,22,24). The lowest BCUT2D eigenvalue weighted by Gasteiger charge is -2.22. The third-order valence-electron chi connectivity index (χ3n) is 3.70. The number of sulfonamides is 1.